The lowest BCUT2D eigenvalue weighted by molar-refractivity contribution is -0.135. The van der Waals surface area contributed by atoms with Crippen LogP contribution in [0.25, 0.3) is 0 Å². The maximum atomic E-state index is 9.46. The van der Waals surface area contributed by atoms with Crippen LogP contribution in [0, 0.1) is 6.92 Å². The highest BCUT2D eigenvalue weighted by Gasteiger charge is 2.03. The lowest BCUT2D eigenvalue weighted by atomic mass is 10.0. The number of carbonyl (C=O) groups is 1. The standard InChI is InChI=1S/C10H14O.C2H5NO2/c1-7(2)9-5-4-8(3)6-10(9)11;3-1-2(4)5/h4-7,11H,1-3H3;1,3H2,(H,4,5). The summed E-state index contributed by atoms with van der Waals surface area (Å²) < 4.78 is 0. The summed E-state index contributed by atoms with van der Waals surface area (Å²) in [6, 6.07) is 5.81. The minimum absolute atomic E-state index is 0.278. The smallest absolute Gasteiger partial charge is 0.317 e. The zero-order valence-corrected chi connectivity index (χ0v) is 9.90. The van der Waals surface area contributed by atoms with Crippen LogP contribution in [0.4, 0.5) is 0 Å². The summed E-state index contributed by atoms with van der Waals surface area (Å²) in [5.41, 5.74) is 6.70. The van der Waals surface area contributed by atoms with Crippen LogP contribution in [0.2, 0.25) is 0 Å². The van der Waals surface area contributed by atoms with Gasteiger partial charge in [-0.25, -0.2) is 0 Å². The van der Waals surface area contributed by atoms with Crippen molar-refractivity contribution in [3.63, 3.8) is 0 Å². The number of carboxylic acid groups (broad SMARTS) is 1. The monoisotopic (exact) mass is 225 g/mol. The number of aromatic hydroxyl groups is 1. The van der Waals surface area contributed by atoms with Crippen molar-refractivity contribution < 1.29 is 15.0 Å². The van der Waals surface area contributed by atoms with E-state index in [9.17, 15) is 9.90 Å². The molecule has 0 atom stereocenters. The van der Waals surface area contributed by atoms with E-state index in [0.717, 1.165) is 11.1 Å². The molecule has 0 aromatic heterocycles. The number of hydrogen-bond acceptors (Lipinski definition) is 3. The zero-order valence-electron chi connectivity index (χ0n) is 9.90. The van der Waals surface area contributed by atoms with Crippen molar-refractivity contribution in [1.82, 2.24) is 0 Å². The second-order valence-corrected chi connectivity index (χ2v) is 3.81. The summed E-state index contributed by atoms with van der Waals surface area (Å²) in [5, 5.41) is 17.1. The molecule has 0 unspecified atom stereocenters. The normalized spacial score (nSPS) is 9.56. The number of nitrogens with two attached hydrogens (primary N) is 1. The minimum Gasteiger partial charge on any atom is -0.508 e. The Kier molecular flexibility index (Phi) is 6.18. The van der Waals surface area contributed by atoms with E-state index in [2.05, 4.69) is 19.6 Å². The van der Waals surface area contributed by atoms with E-state index in [1.807, 2.05) is 19.1 Å². The third-order valence-electron chi connectivity index (χ3n) is 1.98. The number of aryl methyl sites for hydroxylation is 1. The van der Waals surface area contributed by atoms with Crippen LogP contribution in [0.5, 0.6) is 5.75 Å². The van der Waals surface area contributed by atoms with Crippen LogP contribution >= 0.6 is 0 Å². The largest absolute Gasteiger partial charge is 0.508 e. The Bertz CT molecular complexity index is 348. The molecule has 0 aliphatic carbocycles. The Hall–Kier alpha value is -1.55. The molecule has 0 fully saturated rings. The van der Waals surface area contributed by atoms with Crippen LogP contribution < -0.4 is 5.73 Å². The first kappa shape index (κ1) is 14.5. The molecule has 0 saturated carbocycles. The van der Waals surface area contributed by atoms with Crippen molar-refractivity contribution in [2.75, 3.05) is 6.54 Å². The van der Waals surface area contributed by atoms with E-state index in [0.29, 0.717) is 11.7 Å². The van der Waals surface area contributed by atoms with Gasteiger partial charge in [0.05, 0.1) is 6.54 Å². The number of phenols is 1. The van der Waals surface area contributed by atoms with Gasteiger partial charge in [0.1, 0.15) is 5.75 Å². The van der Waals surface area contributed by atoms with Crippen LogP contribution in [0.15, 0.2) is 18.2 Å². The second-order valence-electron chi connectivity index (χ2n) is 3.81. The Morgan fingerprint density at radius 2 is 1.94 bits per heavy atom. The van der Waals surface area contributed by atoms with E-state index < -0.39 is 5.97 Å². The summed E-state index contributed by atoms with van der Waals surface area (Å²) in [6.45, 7) is 5.85. The summed E-state index contributed by atoms with van der Waals surface area (Å²) in [4.78, 5) is 9.24. The Balaban J connectivity index is 0.000000385. The fourth-order valence-corrected chi connectivity index (χ4v) is 1.14. The molecule has 4 nitrogen and oxygen atoms in total. The zero-order chi connectivity index (χ0) is 12.7. The third kappa shape index (κ3) is 5.36. The van der Waals surface area contributed by atoms with E-state index >= 15 is 0 Å². The van der Waals surface area contributed by atoms with Crippen molar-refractivity contribution in [2.45, 2.75) is 26.7 Å². The molecule has 4 N–H and O–H groups in total. The minimum atomic E-state index is -0.968. The maximum absolute atomic E-state index is 9.46. The molecule has 0 radical (unpaired) electrons. The Labute approximate surface area is 95.7 Å². The van der Waals surface area contributed by atoms with Gasteiger partial charge < -0.3 is 15.9 Å². The maximum Gasteiger partial charge on any atom is 0.317 e. The molecule has 0 aliphatic rings. The van der Waals surface area contributed by atoms with E-state index in [4.69, 9.17) is 5.11 Å². The highest BCUT2D eigenvalue weighted by molar-refractivity contribution is 5.68. The van der Waals surface area contributed by atoms with Crippen molar-refractivity contribution in [2.24, 2.45) is 5.73 Å². The molecule has 0 aliphatic heterocycles. The fraction of sp³-hybridized carbons (Fsp3) is 0.417. The molecule has 0 amide bonds. The van der Waals surface area contributed by atoms with Crippen LogP contribution in [-0.4, -0.2) is 22.7 Å². The number of aliphatic carboxylic acids is 1. The molecule has 1 rings (SSSR count). The number of carboxylic acids is 1. The van der Waals surface area contributed by atoms with Gasteiger partial charge in [-0.05, 0) is 30.0 Å². The molecule has 0 bridgehead atoms. The fourth-order valence-electron chi connectivity index (χ4n) is 1.14. The average molecular weight is 225 g/mol. The number of rotatable bonds is 2. The molecule has 1 aromatic carbocycles. The van der Waals surface area contributed by atoms with Crippen molar-refractivity contribution in [3.05, 3.63) is 29.3 Å². The predicted octanol–water partition coefficient (Wildman–Crippen LogP) is 1.85. The molecular weight excluding hydrogens is 206 g/mol. The number of phenolic OH excluding ortho intramolecular Hbond substituents is 1. The van der Waals surface area contributed by atoms with Gasteiger partial charge in [-0.1, -0.05) is 26.0 Å². The van der Waals surface area contributed by atoms with E-state index in [1.54, 1.807) is 6.07 Å². The van der Waals surface area contributed by atoms with Gasteiger partial charge in [-0.15, -0.1) is 0 Å². The summed E-state index contributed by atoms with van der Waals surface area (Å²) in [6.07, 6.45) is 0. The summed E-state index contributed by atoms with van der Waals surface area (Å²) in [5.74, 6) is -0.152. The molecule has 1 aromatic rings. The van der Waals surface area contributed by atoms with Gasteiger partial charge in [0.25, 0.3) is 0 Å². The molecule has 16 heavy (non-hydrogen) atoms. The van der Waals surface area contributed by atoms with Gasteiger partial charge >= 0.3 is 5.97 Å². The molecule has 0 spiro atoms. The molecule has 0 heterocycles. The van der Waals surface area contributed by atoms with Crippen LogP contribution in [0.1, 0.15) is 30.9 Å². The van der Waals surface area contributed by atoms with Gasteiger partial charge in [0, 0.05) is 0 Å². The molecule has 0 saturated heterocycles. The predicted molar refractivity (Wildman–Crippen MR) is 63.6 cm³/mol. The van der Waals surface area contributed by atoms with Gasteiger partial charge in [-0.3, -0.25) is 4.79 Å². The molecule has 90 valence electrons. The van der Waals surface area contributed by atoms with Crippen LogP contribution in [-0.2, 0) is 4.79 Å². The number of benzene rings is 1. The number of hydrogen-bond donors (Lipinski definition) is 3. The highest BCUT2D eigenvalue weighted by atomic mass is 16.4. The van der Waals surface area contributed by atoms with E-state index in [1.165, 1.54) is 0 Å². The quantitative estimate of drug-likeness (QED) is 0.717. The lowest BCUT2D eigenvalue weighted by Crippen LogP contribution is -2.10. The van der Waals surface area contributed by atoms with Crippen molar-refractivity contribution in [3.8, 4) is 5.75 Å². The Morgan fingerprint density at radius 3 is 2.25 bits per heavy atom. The van der Waals surface area contributed by atoms with Gasteiger partial charge in [-0.2, -0.15) is 0 Å². The third-order valence-corrected chi connectivity index (χ3v) is 1.98. The van der Waals surface area contributed by atoms with Crippen molar-refractivity contribution in [1.29, 1.82) is 0 Å². The average Bonchev–Trinajstić information content (AvgIpc) is 2.17. The summed E-state index contributed by atoms with van der Waals surface area (Å²) >= 11 is 0. The first-order chi connectivity index (χ1) is 7.38. The first-order valence-electron chi connectivity index (χ1n) is 5.09. The molecule has 4 heteroatoms. The lowest BCUT2D eigenvalue weighted by Gasteiger charge is -2.07. The van der Waals surface area contributed by atoms with Crippen molar-refractivity contribution >= 4 is 5.97 Å². The topological polar surface area (TPSA) is 83.5 Å². The van der Waals surface area contributed by atoms with E-state index in [-0.39, 0.29) is 6.54 Å². The SMILES string of the molecule is Cc1ccc(C(C)C)c(O)c1.NCC(=O)O. The van der Waals surface area contributed by atoms with Gasteiger partial charge in [0.15, 0.2) is 0 Å². The molecular formula is C12H19NO3. The Morgan fingerprint density at radius 1 is 1.44 bits per heavy atom. The van der Waals surface area contributed by atoms with Gasteiger partial charge in [0.2, 0.25) is 0 Å². The van der Waals surface area contributed by atoms with Crippen LogP contribution in [0.3, 0.4) is 0 Å². The first-order valence-corrected chi connectivity index (χ1v) is 5.09. The summed E-state index contributed by atoms with van der Waals surface area (Å²) in [7, 11) is 0. The second kappa shape index (κ2) is 6.85. The highest BCUT2D eigenvalue weighted by Crippen LogP contribution is 2.25.